The van der Waals surface area contributed by atoms with Crippen LogP contribution in [0.5, 0.6) is 23.0 Å². The zero-order valence-corrected chi connectivity index (χ0v) is 20.6. The molecule has 176 valence electrons. The van der Waals surface area contributed by atoms with E-state index in [2.05, 4.69) is 5.32 Å². The van der Waals surface area contributed by atoms with Gasteiger partial charge in [0, 0.05) is 27.7 Å². The van der Waals surface area contributed by atoms with Crippen molar-refractivity contribution in [1.29, 1.82) is 0 Å². The molecule has 0 aliphatic rings. The quantitative estimate of drug-likeness (QED) is 0.301. The molecule has 0 unspecified atom stereocenters. The second-order valence-corrected chi connectivity index (χ2v) is 8.16. The predicted molar refractivity (Wildman–Crippen MR) is 133 cm³/mol. The van der Waals surface area contributed by atoms with Gasteiger partial charge in [-0.05, 0) is 55.8 Å². The standard InChI is InChI=1S/C26H29Cl2NO4/c1-4-32-24-7-5-6-19(26(24)33-17-20-9-10-21(27)15-22(20)28)16-29-13-12-18-8-11-23(30-2)25(14-18)31-3/h5-11,14-15,29H,4,12-13,16-17H2,1-3H3. The van der Waals surface area contributed by atoms with Crippen molar-refractivity contribution in [2.24, 2.45) is 0 Å². The van der Waals surface area contributed by atoms with Crippen LogP contribution in [0.2, 0.25) is 10.0 Å². The van der Waals surface area contributed by atoms with Crippen molar-refractivity contribution in [2.75, 3.05) is 27.4 Å². The van der Waals surface area contributed by atoms with Crippen LogP contribution in [0.3, 0.4) is 0 Å². The Bertz CT molecular complexity index is 1060. The highest BCUT2D eigenvalue weighted by atomic mass is 35.5. The van der Waals surface area contributed by atoms with Crippen molar-refractivity contribution in [3.8, 4) is 23.0 Å². The third kappa shape index (κ3) is 6.94. The summed E-state index contributed by atoms with van der Waals surface area (Å²) in [6.45, 7) is 4.25. The van der Waals surface area contributed by atoms with Gasteiger partial charge in [-0.3, -0.25) is 0 Å². The first-order valence-corrected chi connectivity index (χ1v) is 11.5. The fourth-order valence-electron chi connectivity index (χ4n) is 3.41. The lowest BCUT2D eigenvalue weighted by Crippen LogP contribution is -2.17. The minimum Gasteiger partial charge on any atom is -0.493 e. The van der Waals surface area contributed by atoms with Gasteiger partial charge in [0.2, 0.25) is 0 Å². The minimum atomic E-state index is 0.318. The summed E-state index contributed by atoms with van der Waals surface area (Å²) in [5.41, 5.74) is 3.04. The van der Waals surface area contributed by atoms with Crippen molar-refractivity contribution < 1.29 is 18.9 Å². The molecule has 0 saturated heterocycles. The van der Waals surface area contributed by atoms with Crippen LogP contribution < -0.4 is 24.3 Å². The second-order valence-electron chi connectivity index (χ2n) is 7.32. The van der Waals surface area contributed by atoms with Gasteiger partial charge in [-0.25, -0.2) is 0 Å². The van der Waals surface area contributed by atoms with E-state index < -0.39 is 0 Å². The molecule has 0 bridgehead atoms. The highest BCUT2D eigenvalue weighted by molar-refractivity contribution is 6.35. The van der Waals surface area contributed by atoms with Crippen LogP contribution in [0, 0.1) is 0 Å². The molecule has 7 heteroatoms. The molecule has 0 radical (unpaired) electrons. The Kier molecular flexibility index (Phi) is 9.55. The van der Waals surface area contributed by atoms with E-state index in [-0.39, 0.29) is 0 Å². The molecule has 1 N–H and O–H groups in total. The molecule has 0 aliphatic heterocycles. The lowest BCUT2D eigenvalue weighted by Gasteiger charge is -2.17. The number of hydrogen-bond donors (Lipinski definition) is 1. The molecule has 0 heterocycles. The highest BCUT2D eigenvalue weighted by Gasteiger charge is 2.13. The number of rotatable bonds is 12. The number of para-hydroxylation sites is 1. The van der Waals surface area contributed by atoms with Gasteiger partial charge < -0.3 is 24.3 Å². The van der Waals surface area contributed by atoms with Crippen LogP contribution in [0.25, 0.3) is 0 Å². The van der Waals surface area contributed by atoms with Gasteiger partial charge >= 0.3 is 0 Å². The van der Waals surface area contributed by atoms with Gasteiger partial charge in [0.25, 0.3) is 0 Å². The molecule has 3 aromatic carbocycles. The maximum Gasteiger partial charge on any atom is 0.166 e. The molecule has 0 aromatic heterocycles. The molecule has 3 aromatic rings. The molecule has 0 amide bonds. The Hall–Kier alpha value is -2.60. The topological polar surface area (TPSA) is 49.0 Å². The summed E-state index contributed by atoms with van der Waals surface area (Å²) in [4.78, 5) is 0. The first-order chi connectivity index (χ1) is 16.0. The fourth-order valence-corrected chi connectivity index (χ4v) is 3.88. The molecule has 33 heavy (non-hydrogen) atoms. The van der Waals surface area contributed by atoms with Crippen LogP contribution >= 0.6 is 23.2 Å². The van der Waals surface area contributed by atoms with Gasteiger partial charge in [0.05, 0.1) is 20.8 Å². The summed E-state index contributed by atoms with van der Waals surface area (Å²) in [6, 6.07) is 17.3. The Morgan fingerprint density at radius 1 is 0.818 bits per heavy atom. The van der Waals surface area contributed by atoms with Gasteiger partial charge in [0.15, 0.2) is 23.0 Å². The van der Waals surface area contributed by atoms with Crippen LogP contribution in [0.4, 0.5) is 0 Å². The molecule has 0 fully saturated rings. The fraction of sp³-hybridized carbons (Fsp3) is 0.308. The monoisotopic (exact) mass is 489 g/mol. The third-order valence-electron chi connectivity index (χ3n) is 5.10. The van der Waals surface area contributed by atoms with Gasteiger partial charge in [-0.1, -0.05) is 47.5 Å². The number of methoxy groups -OCH3 is 2. The first kappa shape index (κ1) is 25.0. The van der Waals surface area contributed by atoms with E-state index in [4.69, 9.17) is 42.1 Å². The van der Waals surface area contributed by atoms with E-state index in [1.54, 1.807) is 26.4 Å². The Labute approximate surface area is 205 Å². The Morgan fingerprint density at radius 3 is 2.36 bits per heavy atom. The number of benzene rings is 3. The maximum atomic E-state index is 6.31. The van der Waals surface area contributed by atoms with Gasteiger partial charge in [-0.2, -0.15) is 0 Å². The zero-order chi connectivity index (χ0) is 23.6. The lowest BCUT2D eigenvalue weighted by molar-refractivity contribution is 0.266. The SMILES string of the molecule is CCOc1cccc(CNCCc2ccc(OC)c(OC)c2)c1OCc1ccc(Cl)cc1Cl. The van der Waals surface area contributed by atoms with E-state index in [0.717, 1.165) is 41.2 Å². The van der Waals surface area contributed by atoms with Crippen LogP contribution in [-0.4, -0.2) is 27.4 Å². The Morgan fingerprint density at radius 2 is 1.64 bits per heavy atom. The van der Waals surface area contributed by atoms with E-state index >= 15 is 0 Å². The van der Waals surface area contributed by atoms with E-state index in [9.17, 15) is 0 Å². The van der Waals surface area contributed by atoms with Gasteiger partial charge in [0.1, 0.15) is 6.61 Å². The van der Waals surface area contributed by atoms with E-state index in [0.29, 0.717) is 41.3 Å². The summed E-state index contributed by atoms with van der Waals surface area (Å²) >= 11 is 12.3. The zero-order valence-electron chi connectivity index (χ0n) is 19.1. The number of hydrogen-bond acceptors (Lipinski definition) is 5. The summed E-state index contributed by atoms with van der Waals surface area (Å²) in [5, 5.41) is 4.66. The number of halogens is 2. The average molecular weight is 490 g/mol. The van der Waals surface area contributed by atoms with E-state index in [1.165, 1.54) is 0 Å². The minimum absolute atomic E-state index is 0.318. The summed E-state index contributed by atoms with van der Waals surface area (Å²) in [6.07, 6.45) is 0.849. The number of ether oxygens (including phenoxy) is 4. The van der Waals surface area contributed by atoms with Gasteiger partial charge in [-0.15, -0.1) is 0 Å². The second kappa shape index (κ2) is 12.6. The third-order valence-corrected chi connectivity index (χ3v) is 5.69. The summed E-state index contributed by atoms with van der Waals surface area (Å²) < 4.78 is 22.7. The van der Waals surface area contributed by atoms with Crippen molar-refractivity contribution in [1.82, 2.24) is 5.32 Å². The van der Waals surface area contributed by atoms with Crippen molar-refractivity contribution >= 4 is 23.2 Å². The van der Waals surface area contributed by atoms with Crippen molar-refractivity contribution in [2.45, 2.75) is 26.5 Å². The summed E-state index contributed by atoms with van der Waals surface area (Å²) in [7, 11) is 3.28. The highest BCUT2D eigenvalue weighted by Crippen LogP contribution is 2.33. The molecular weight excluding hydrogens is 461 g/mol. The van der Waals surface area contributed by atoms with Crippen LogP contribution in [0.15, 0.2) is 54.6 Å². The smallest absolute Gasteiger partial charge is 0.166 e. The molecule has 0 aliphatic carbocycles. The van der Waals surface area contributed by atoms with Crippen LogP contribution in [-0.2, 0) is 19.6 Å². The lowest BCUT2D eigenvalue weighted by atomic mass is 10.1. The van der Waals surface area contributed by atoms with Crippen molar-refractivity contribution in [3.63, 3.8) is 0 Å². The molecular formula is C26H29Cl2NO4. The predicted octanol–water partition coefficient (Wildman–Crippen LogP) is 6.32. The molecule has 0 saturated carbocycles. The maximum absolute atomic E-state index is 6.31. The van der Waals surface area contributed by atoms with Crippen LogP contribution in [0.1, 0.15) is 23.6 Å². The molecule has 5 nitrogen and oxygen atoms in total. The van der Waals surface area contributed by atoms with Crippen molar-refractivity contribution in [3.05, 3.63) is 81.3 Å². The average Bonchev–Trinajstić information content (AvgIpc) is 2.82. The molecule has 0 atom stereocenters. The number of nitrogens with one attached hydrogen (secondary N) is 1. The molecule has 0 spiro atoms. The largest absolute Gasteiger partial charge is 0.493 e. The Balaban J connectivity index is 1.65. The van der Waals surface area contributed by atoms with E-state index in [1.807, 2.05) is 49.4 Å². The molecule has 3 rings (SSSR count). The normalized spacial score (nSPS) is 10.7. The summed E-state index contributed by atoms with van der Waals surface area (Å²) in [5.74, 6) is 2.88. The first-order valence-electron chi connectivity index (χ1n) is 10.8.